The maximum atomic E-state index is 11.9. The van der Waals surface area contributed by atoms with Gasteiger partial charge in [-0.05, 0) is 36.8 Å². The average Bonchev–Trinajstić information content (AvgIpc) is 2.46. The smallest absolute Gasteiger partial charge is 0.321 e. The topological polar surface area (TPSA) is 70.2 Å². The molecule has 3 amide bonds. The van der Waals surface area contributed by atoms with Crippen LogP contribution in [0.3, 0.4) is 0 Å². The first-order valence-corrected chi connectivity index (χ1v) is 8.64. The van der Waals surface area contributed by atoms with Crippen LogP contribution in [0.4, 0.5) is 4.79 Å². The lowest BCUT2D eigenvalue weighted by Gasteiger charge is -2.23. The predicted molar refractivity (Wildman–Crippen MR) is 97.9 cm³/mol. The molecule has 1 aromatic rings. The summed E-state index contributed by atoms with van der Waals surface area (Å²) in [6.45, 7) is 12.3. The van der Waals surface area contributed by atoms with Crippen molar-refractivity contribution >= 4 is 11.9 Å². The Labute approximate surface area is 145 Å². The Morgan fingerprint density at radius 3 is 1.92 bits per heavy atom. The summed E-state index contributed by atoms with van der Waals surface area (Å²) in [6, 6.07) is 8.07. The SMILES string of the molecule is CC(C)NC(=O)NC(=O)CN[C@@H](c1ccc(C(C)C)cc1)C(C)C. The number of carbonyl (C=O) groups excluding carboxylic acids is 2. The molecule has 24 heavy (non-hydrogen) atoms. The minimum Gasteiger partial charge on any atom is -0.336 e. The highest BCUT2D eigenvalue weighted by molar-refractivity contribution is 5.95. The Morgan fingerprint density at radius 1 is 0.917 bits per heavy atom. The molecule has 0 fully saturated rings. The normalized spacial score (nSPS) is 12.5. The second-order valence-electron chi connectivity index (χ2n) is 7.10. The molecule has 0 bridgehead atoms. The highest BCUT2D eigenvalue weighted by Gasteiger charge is 2.17. The summed E-state index contributed by atoms with van der Waals surface area (Å²) in [5.41, 5.74) is 2.44. The third kappa shape index (κ3) is 6.71. The van der Waals surface area contributed by atoms with Crippen LogP contribution in [0.15, 0.2) is 24.3 Å². The highest BCUT2D eigenvalue weighted by atomic mass is 16.2. The zero-order valence-electron chi connectivity index (χ0n) is 15.6. The lowest BCUT2D eigenvalue weighted by Crippen LogP contribution is -2.46. The number of amides is 3. The number of imide groups is 1. The molecular formula is C19H31N3O2. The number of urea groups is 1. The van der Waals surface area contributed by atoms with Crippen LogP contribution < -0.4 is 16.0 Å². The molecule has 0 aromatic heterocycles. The minimum absolute atomic E-state index is 0.00589. The van der Waals surface area contributed by atoms with E-state index in [1.165, 1.54) is 5.56 Å². The Balaban J connectivity index is 2.63. The van der Waals surface area contributed by atoms with Gasteiger partial charge < -0.3 is 10.6 Å². The van der Waals surface area contributed by atoms with Gasteiger partial charge in [-0.15, -0.1) is 0 Å². The summed E-state index contributed by atoms with van der Waals surface area (Å²) in [7, 11) is 0. The quantitative estimate of drug-likeness (QED) is 0.717. The van der Waals surface area contributed by atoms with Crippen molar-refractivity contribution in [3.63, 3.8) is 0 Å². The Bertz CT molecular complexity index is 536. The van der Waals surface area contributed by atoms with Crippen LogP contribution in [-0.2, 0) is 4.79 Å². The summed E-state index contributed by atoms with van der Waals surface area (Å²) >= 11 is 0. The maximum absolute atomic E-state index is 11.9. The van der Waals surface area contributed by atoms with Crippen LogP contribution in [0.2, 0.25) is 0 Å². The van der Waals surface area contributed by atoms with Gasteiger partial charge in [-0.2, -0.15) is 0 Å². The molecule has 5 heteroatoms. The van der Waals surface area contributed by atoms with E-state index in [2.05, 4.69) is 67.9 Å². The molecule has 1 aromatic carbocycles. The summed E-state index contributed by atoms with van der Waals surface area (Å²) in [5, 5.41) is 8.21. The van der Waals surface area contributed by atoms with Crippen LogP contribution in [0.1, 0.15) is 64.6 Å². The molecule has 0 spiro atoms. The van der Waals surface area contributed by atoms with Crippen LogP contribution in [-0.4, -0.2) is 24.5 Å². The van der Waals surface area contributed by atoms with Gasteiger partial charge in [0.1, 0.15) is 0 Å². The number of rotatable bonds is 7. The molecule has 1 atom stereocenters. The van der Waals surface area contributed by atoms with Gasteiger partial charge in [0.25, 0.3) is 0 Å². The number of nitrogens with one attached hydrogen (secondary N) is 3. The molecule has 134 valence electrons. The van der Waals surface area contributed by atoms with E-state index in [-0.39, 0.29) is 24.5 Å². The van der Waals surface area contributed by atoms with E-state index in [9.17, 15) is 9.59 Å². The molecule has 0 unspecified atom stereocenters. The van der Waals surface area contributed by atoms with Crippen molar-refractivity contribution in [2.75, 3.05) is 6.54 Å². The third-order valence-corrected chi connectivity index (χ3v) is 3.78. The Kier molecular flexibility index (Phi) is 7.92. The Morgan fingerprint density at radius 2 is 1.46 bits per heavy atom. The Hall–Kier alpha value is -1.88. The molecule has 5 nitrogen and oxygen atoms in total. The van der Waals surface area contributed by atoms with Crippen molar-refractivity contribution in [1.82, 2.24) is 16.0 Å². The molecule has 0 radical (unpaired) electrons. The second-order valence-corrected chi connectivity index (χ2v) is 7.10. The summed E-state index contributed by atoms with van der Waals surface area (Å²) in [6.07, 6.45) is 0. The maximum Gasteiger partial charge on any atom is 0.321 e. The number of hydrogen-bond acceptors (Lipinski definition) is 3. The first-order chi connectivity index (χ1) is 11.2. The van der Waals surface area contributed by atoms with Gasteiger partial charge in [-0.1, -0.05) is 52.0 Å². The fourth-order valence-corrected chi connectivity index (χ4v) is 2.50. The average molecular weight is 333 g/mol. The number of benzene rings is 1. The molecule has 0 aliphatic rings. The van der Waals surface area contributed by atoms with E-state index in [1.54, 1.807) is 0 Å². The van der Waals surface area contributed by atoms with Gasteiger partial charge >= 0.3 is 6.03 Å². The molecule has 0 saturated heterocycles. The van der Waals surface area contributed by atoms with E-state index < -0.39 is 6.03 Å². The second kappa shape index (κ2) is 9.42. The fraction of sp³-hybridized carbons (Fsp3) is 0.579. The number of hydrogen-bond donors (Lipinski definition) is 3. The van der Waals surface area contributed by atoms with Gasteiger partial charge in [0.2, 0.25) is 5.91 Å². The summed E-state index contributed by atoms with van der Waals surface area (Å²) < 4.78 is 0. The molecule has 1 rings (SSSR count). The van der Waals surface area contributed by atoms with Gasteiger partial charge in [-0.25, -0.2) is 4.79 Å². The molecule has 0 aliphatic heterocycles. The summed E-state index contributed by atoms with van der Waals surface area (Å²) in [5.74, 6) is 0.486. The van der Waals surface area contributed by atoms with Gasteiger partial charge in [0.05, 0.1) is 6.54 Å². The van der Waals surface area contributed by atoms with Gasteiger partial charge in [0.15, 0.2) is 0 Å². The van der Waals surface area contributed by atoms with E-state index in [0.717, 1.165) is 5.56 Å². The predicted octanol–water partition coefficient (Wildman–Crippen LogP) is 3.33. The lowest BCUT2D eigenvalue weighted by molar-refractivity contribution is -0.119. The van der Waals surface area contributed by atoms with Crippen molar-refractivity contribution in [3.05, 3.63) is 35.4 Å². The number of carbonyl (C=O) groups is 2. The van der Waals surface area contributed by atoms with Crippen molar-refractivity contribution in [3.8, 4) is 0 Å². The monoisotopic (exact) mass is 333 g/mol. The standard InChI is InChI=1S/C19H31N3O2/c1-12(2)15-7-9-16(10-8-15)18(13(3)4)20-11-17(23)22-19(24)21-14(5)6/h7-10,12-14,18,20H,11H2,1-6H3,(H2,21,22,23,24)/t18-/m1/s1. The largest absolute Gasteiger partial charge is 0.336 e. The zero-order valence-corrected chi connectivity index (χ0v) is 15.6. The van der Waals surface area contributed by atoms with Crippen LogP contribution in [0.25, 0.3) is 0 Å². The van der Waals surface area contributed by atoms with Crippen molar-refractivity contribution in [2.24, 2.45) is 5.92 Å². The van der Waals surface area contributed by atoms with Crippen LogP contribution >= 0.6 is 0 Å². The van der Waals surface area contributed by atoms with Crippen molar-refractivity contribution < 1.29 is 9.59 Å². The van der Waals surface area contributed by atoms with E-state index in [0.29, 0.717) is 11.8 Å². The van der Waals surface area contributed by atoms with Crippen LogP contribution in [0, 0.1) is 5.92 Å². The first kappa shape index (κ1) is 20.2. The van der Waals surface area contributed by atoms with Crippen molar-refractivity contribution in [1.29, 1.82) is 0 Å². The van der Waals surface area contributed by atoms with E-state index in [1.807, 2.05) is 13.8 Å². The molecule has 0 heterocycles. The third-order valence-electron chi connectivity index (χ3n) is 3.78. The van der Waals surface area contributed by atoms with Gasteiger partial charge in [0, 0.05) is 12.1 Å². The van der Waals surface area contributed by atoms with Gasteiger partial charge in [-0.3, -0.25) is 10.1 Å². The lowest BCUT2D eigenvalue weighted by atomic mass is 9.93. The molecule has 0 saturated carbocycles. The minimum atomic E-state index is -0.459. The first-order valence-electron chi connectivity index (χ1n) is 8.64. The molecule has 3 N–H and O–H groups in total. The summed E-state index contributed by atoms with van der Waals surface area (Å²) in [4.78, 5) is 23.4. The van der Waals surface area contributed by atoms with E-state index >= 15 is 0 Å². The zero-order chi connectivity index (χ0) is 18.3. The fourth-order valence-electron chi connectivity index (χ4n) is 2.50. The highest BCUT2D eigenvalue weighted by Crippen LogP contribution is 2.23. The molecule has 0 aliphatic carbocycles. The van der Waals surface area contributed by atoms with Crippen LogP contribution in [0.5, 0.6) is 0 Å². The molecular weight excluding hydrogens is 302 g/mol. The van der Waals surface area contributed by atoms with E-state index in [4.69, 9.17) is 0 Å². The van der Waals surface area contributed by atoms with Crippen molar-refractivity contribution in [2.45, 2.75) is 59.5 Å².